The van der Waals surface area contributed by atoms with E-state index < -0.39 is 15.8 Å². The number of benzene rings is 1. The monoisotopic (exact) mass is 320 g/mol. The number of esters is 1. The van der Waals surface area contributed by atoms with Crippen molar-refractivity contribution < 1.29 is 17.9 Å². The van der Waals surface area contributed by atoms with Crippen LogP contribution in [0.4, 0.5) is 0 Å². The Labute approximate surface area is 109 Å². The molecule has 0 aliphatic rings. The lowest BCUT2D eigenvalue weighted by Gasteiger charge is -2.03. The molecule has 1 aromatic carbocycles. The number of ether oxygens (including phenoxy) is 1. The first-order valence-corrected chi connectivity index (χ1v) is 7.86. The van der Waals surface area contributed by atoms with Crippen LogP contribution in [0.2, 0.25) is 0 Å². The fraction of sp³-hybridized carbons (Fsp3) is 0.364. The van der Waals surface area contributed by atoms with Gasteiger partial charge in [-0.05, 0) is 24.1 Å². The number of carbonyl (C=O) groups excluding carboxylic acids is 1. The van der Waals surface area contributed by atoms with Gasteiger partial charge in [0, 0.05) is 0 Å². The van der Waals surface area contributed by atoms with Gasteiger partial charge in [0.1, 0.15) is 4.66 Å². The summed E-state index contributed by atoms with van der Waals surface area (Å²) in [4.78, 5) is 11.2. The largest absolute Gasteiger partial charge is 0.465 e. The van der Waals surface area contributed by atoms with Crippen molar-refractivity contribution in [2.45, 2.75) is 6.42 Å². The van der Waals surface area contributed by atoms with Crippen LogP contribution >= 0.6 is 15.9 Å². The second-order valence-corrected chi connectivity index (χ2v) is 6.98. The topological polar surface area (TPSA) is 60.4 Å². The van der Waals surface area contributed by atoms with E-state index in [1.807, 2.05) is 0 Å². The first-order valence-electron chi connectivity index (χ1n) is 4.92. The molecule has 0 aromatic heterocycles. The molecule has 0 amide bonds. The minimum Gasteiger partial charge on any atom is -0.465 e. The predicted molar refractivity (Wildman–Crippen MR) is 69.1 cm³/mol. The molecule has 0 saturated carbocycles. The zero-order chi connectivity index (χ0) is 12.9. The standard InChI is InChI=1S/C11H13BrO4S/c1-16-11(13)10-4-2-9(3-5-10)6-7-17(14,15)8-12/h2-5H,6-8H2,1H3. The molecule has 0 fully saturated rings. The lowest BCUT2D eigenvalue weighted by atomic mass is 10.1. The summed E-state index contributed by atoms with van der Waals surface area (Å²) in [7, 11) is -1.71. The van der Waals surface area contributed by atoms with E-state index in [1.165, 1.54) is 7.11 Å². The fourth-order valence-electron chi connectivity index (χ4n) is 1.25. The van der Waals surface area contributed by atoms with Crippen molar-refractivity contribution in [3.05, 3.63) is 35.4 Å². The summed E-state index contributed by atoms with van der Waals surface area (Å²) >= 11 is 2.94. The molecular formula is C11H13BrO4S. The van der Waals surface area contributed by atoms with E-state index in [1.54, 1.807) is 24.3 Å². The highest BCUT2D eigenvalue weighted by molar-refractivity contribution is 9.10. The summed E-state index contributed by atoms with van der Waals surface area (Å²) in [6.07, 6.45) is 0.440. The number of aryl methyl sites for hydroxylation is 1. The van der Waals surface area contributed by atoms with Crippen LogP contribution in [0.1, 0.15) is 15.9 Å². The molecule has 94 valence electrons. The second kappa shape index (κ2) is 6.16. The average Bonchev–Trinajstić information content (AvgIpc) is 2.36. The molecule has 0 atom stereocenters. The number of sulfone groups is 1. The minimum absolute atomic E-state index is 0.0275. The second-order valence-electron chi connectivity index (χ2n) is 3.50. The predicted octanol–water partition coefficient (Wildman–Crippen LogP) is 1.78. The van der Waals surface area contributed by atoms with E-state index in [4.69, 9.17) is 0 Å². The van der Waals surface area contributed by atoms with Crippen LogP contribution in [0.5, 0.6) is 0 Å². The maximum atomic E-state index is 11.3. The number of hydrogen-bond acceptors (Lipinski definition) is 4. The molecular weight excluding hydrogens is 308 g/mol. The summed E-state index contributed by atoms with van der Waals surface area (Å²) in [6, 6.07) is 6.72. The number of carbonyl (C=O) groups is 1. The molecule has 0 aliphatic heterocycles. The zero-order valence-electron chi connectivity index (χ0n) is 9.35. The molecule has 1 rings (SSSR count). The summed E-state index contributed by atoms with van der Waals surface area (Å²) in [5, 5.41) is 0. The van der Waals surface area contributed by atoms with E-state index in [-0.39, 0.29) is 10.4 Å². The van der Waals surface area contributed by atoms with Gasteiger partial charge in [0.2, 0.25) is 0 Å². The van der Waals surface area contributed by atoms with Gasteiger partial charge in [-0.1, -0.05) is 28.1 Å². The third-order valence-corrected chi connectivity index (χ3v) is 5.49. The smallest absolute Gasteiger partial charge is 0.337 e. The molecule has 17 heavy (non-hydrogen) atoms. The molecule has 0 saturated heterocycles. The van der Waals surface area contributed by atoms with Gasteiger partial charge in [-0.15, -0.1) is 0 Å². The van der Waals surface area contributed by atoms with Crippen molar-refractivity contribution in [3.8, 4) is 0 Å². The molecule has 1 aromatic rings. The quantitative estimate of drug-likeness (QED) is 0.613. The summed E-state index contributed by atoms with van der Waals surface area (Å²) < 4.78 is 27.1. The van der Waals surface area contributed by atoms with Crippen molar-refractivity contribution in [2.24, 2.45) is 0 Å². The van der Waals surface area contributed by atoms with Gasteiger partial charge in [-0.2, -0.15) is 0 Å². The molecule has 0 heterocycles. The Morgan fingerprint density at radius 3 is 2.35 bits per heavy atom. The first-order chi connectivity index (χ1) is 7.98. The highest BCUT2D eigenvalue weighted by Gasteiger charge is 2.09. The highest BCUT2D eigenvalue weighted by Crippen LogP contribution is 2.08. The van der Waals surface area contributed by atoms with Crippen LogP contribution < -0.4 is 0 Å². The summed E-state index contributed by atoms with van der Waals surface area (Å²) in [6.45, 7) is 0. The molecule has 0 N–H and O–H groups in total. The average molecular weight is 321 g/mol. The van der Waals surface area contributed by atoms with E-state index in [2.05, 4.69) is 20.7 Å². The minimum atomic E-state index is -3.02. The van der Waals surface area contributed by atoms with E-state index in [0.717, 1.165) is 5.56 Å². The van der Waals surface area contributed by atoms with Crippen LogP contribution in [0.15, 0.2) is 24.3 Å². The molecule has 4 nitrogen and oxygen atoms in total. The number of halogens is 1. The first kappa shape index (κ1) is 14.2. The van der Waals surface area contributed by atoms with Crippen LogP contribution in [0.3, 0.4) is 0 Å². The maximum absolute atomic E-state index is 11.3. The zero-order valence-corrected chi connectivity index (χ0v) is 11.8. The molecule has 0 aliphatic carbocycles. The van der Waals surface area contributed by atoms with Gasteiger partial charge >= 0.3 is 5.97 Å². The fourth-order valence-corrected chi connectivity index (χ4v) is 2.60. The third kappa shape index (κ3) is 4.47. The van der Waals surface area contributed by atoms with Crippen LogP contribution in [0.25, 0.3) is 0 Å². The van der Waals surface area contributed by atoms with Gasteiger partial charge < -0.3 is 4.74 Å². The highest BCUT2D eigenvalue weighted by atomic mass is 79.9. The van der Waals surface area contributed by atoms with E-state index >= 15 is 0 Å². The van der Waals surface area contributed by atoms with Crippen molar-refractivity contribution >= 4 is 31.7 Å². The number of rotatable bonds is 5. The van der Waals surface area contributed by atoms with E-state index in [0.29, 0.717) is 12.0 Å². The molecule has 0 radical (unpaired) electrons. The Morgan fingerprint density at radius 2 is 1.88 bits per heavy atom. The summed E-state index contributed by atoms with van der Waals surface area (Å²) in [5.74, 6) is -0.305. The van der Waals surface area contributed by atoms with Gasteiger partial charge in [0.05, 0.1) is 18.4 Å². The lowest BCUT2D eigenvalue weighted by Crippen LogP contribution is -2.09. The van der Waals surface area contributed by atoms with Gasteiger partial charge in [-0.3, -0.25) is 0 Å². The normalized spacial score (nSPS) is 11.2. The van der Waals surface area contributed by atoms with E-state index in [9.17, 15) is 13.2 Å². The molecule has 0 spiro atoms. The maximum Gasteiger partial charge on any atom is 0.337 e. The molecule has 6 heteroatoms. The van der Waals surface area contributed by atoms with Crippen molar-refractivity contribution in [1.82, 2.24) is 0 Å². The Morgan fingerprint density at radius 1 is 1.29 bits per heavy atom. The number of hydrogen-bond donors (Lipinski definition) is 0. The van der Waals surface area contributed by atoms with Gasteiger partial charge in [0.15, 0.2) is 9.84 Å². The van der Waals surface area contributed by atoms with Crippen molar-refractivity contribution in [2.75, 3.05) is 17.5 Å². The van der Waals surface area contributed by atoms with Gasteiger partial charge in [-0.25, -0.2) is 13.2 Å². The van der Waals surface area contributed by atoms with Crippen molar-refractivity contribution in [3.63, 3.8) is 0 Å². The van der Waals surface area contributed by atoms with Crippen LogP contribution in [-0.2, 0) is 21.0 Å². The SMILES string of the molecule is COC(=O)c1ccc(CCS(=O)(=O)CBr)cc1. The Kier molecular flexibility index (Phi) is 5.14. The van der Waals surface area contributed by atoms with Crippen LogP contribution in [-0.4, -0.2) is 31.9 Å². The lowest BCUT2D eigenvalue weighted by molar-refractivity contribution is 0.0600. The molecule has 0 unspecified atom stereocenters. The van der Waals surface area contributed by atoms with Crippen molar-refractivity contribution in [1.29, 1.82) is 0 Å². The van der Waals surface area contributed by atoms with Crippen LogP contribution in [0, 0.1) is 0 Å². The molecule has 0 bridgehead atoms. The number of alkyl halides is 1. The number of methoxy groups -OCH3 is 1. The Bertz CT molecular complexity index is 479. The Hall–Kier alpha value is -0.880. The third-order valence-electron chi connectivity index (χ3n) is 2.24. The Balaban J connectivity index is 2.66. The van der Waals surface area contributed by atoms with Gasteiger partial charge in [0.25, 0.3) is 0 Å². The summed E-state index contributed by atoms with van der Waals surface area (Å²) in [5.41, 5.74) is 1.33.